The molecular formula is C27H32N4O4S2. The van der Waals surface area contributed by atoms with E-state index < -0.39 is 20.0 Å². The van der Waals surface area contributed by atoms with Crippen LogP contribution in [0.1, 0.15) is 41.9 Å². The molecule has 2 fully saturated rings. The van der Waals surface area contributed by atoms with Gasteiger partial charge < -0.3 is 5.32 Å². The molecule has 1 N–H and O–H groups in total. The lowest BCUT2D eigenvalue weighted by atomic mass is 9.76. The molecule has 0 spiro atoms. The van der Waals surface area contributed by atoms with Gasteiger partial charge in [-0.15, -0.1) is 0 Å². The zero-order chi connectivity index (χ0) is 26.2. The zero-order valence-electron chi connectivity index (χ0n) is 21.0. The molecule has 37 heavy (non-hydrogen) atoms. The van der Waals surface area contributed by atoms with Gasteiger partial charge in [0.25, 0.3) is 0 Å². The minimum atomic E-state index is -3.65. The van der Waals surface area contributed by atoms with Crippen molar-refractivity contribution in [1.29, 1.82) is 0 Å². The summed E-state index contributed by atoms with van der Waals surface area (Å²) in [6, 6.07) is 19.3. The molecule has 0 radical (unpaired) electrons. The number of aryl methyl sites for hydroxylation is 1. The van der Waals surface area contributed by atoms with Gasteiger partial charge in [0.2, 0.25) is 20.0 Å². The molecule has 2 heterocycles. The molecule has 196 valence electrons. The predicted octanol–water partition coefficient (Wildman–Crippen LogP) is 4.11. The number of pyridine rings is 1. The van der Waals surface area contributed by atoms with Crippen LogP contribution in [0.2, 0.25) is 0 Å². The second-order valence-electron chi connectivity index (χ2n) is 9.85. The molecule has 0 amide bonds. The van der Waals surface area contributed by atoms with E-state index in [1.54, 1.807) is 20.0 Å². The van der Waals surface area contributed by atoms with E-state index in [0.29, 0.717) is 42.5 Å². The summed E-state index contributed by atoms with van der Waals surface area (Å²) in [5.41, 5.74) is 3.54. The zero-order valence-corrected chi connectivity index (χ0v) is 22.7. The summed E-state index contributed by atoms with van der Waals surface area (Å²) in [5, 5.41) is 3.23. The molecule has 0 unspecified atom stereocenters. The van der Waals surface area contributed by atoms with Gasteiger partial charge in [-0.3, -0.25) is 4.31 Å². The fraction of sp³-hybridized carbons (Fsp3) is 0.370. The fourth-order valence-electron chi connectivity index (χ4n) is 5.05. The van der Waals surface area contributed by atoms with Crippen molar-refractivity contribution < 1.29 is 16.8 Å². The monoisotopic (exact) mass is 540 g/mol. The average molecular weight is 541 g/mol. The Kier molecular flexibility index (Phi) is 6.99. The van der Waals surface area contributed by atoms with Crippen molar-refractivity contribution in [2.24, 2.45) is 0 Å². The first-order chi connectivity index (χ1) is 17.6. The Labute approximate surface area is 219 Å². The SMILES string of the molecule is Cc1cc(NCc2ccc(N3CCCS3(=O)=O)cc2)ncc1S(=O)(=O)N(C)C1CC(c2ccccc2)C1. The lowest BCUT2D eigenvalue weighted by molar-refractivity contribution is 0.215. The summed E-state index contributed by atoms with van der Waals surface area (Å²) in [7, 11) is -5.20. The smallest absolute Gasteiger partial charge is 0.244 e. The molecule has 0 bridgehead atoms. The fourth-order valence-corrected chi connectivity index (χ4v) is 8.14. The summed E-state index contributed by atoms with van der Waals surface area (Å²) in [5.74, 6) is 1.17. The van der Waals surface area contributed by atoms with E-state index in [1.165, 1.54) is 20.4 Å². The lowest BCUT2D eigenvalue weighted by Gasteiger charge is -2.40. The van der Waals surface area contributed by atoms with E-state index >= 15 is 0 Å². The van der Waals surface area contributed by atoms with Crippen molar-refractivity contribution in [3.8, 4) is 0 Å². The molecule has 3 aromatic rings. The Hall–Kier alpha value is -2.95. The third-order valence-corrected chi connectivity index (χ3v) is 11.3. The average Bonchev–Trinajstić information content (AvgIpc) is 3.21. The van der Waals surface area contributed by atoms with E-state index in [9.17, 15) is 16.8 Å². The van der Waals surface area contributed by atoms with Gasteiger partial charge in [0.1, 0.15) is 10.7 Å². The van der Waals surface area contributed by atoms with E-state index in [1.807, 2.05) is 42.5 Å². The van der Waals surface area contributed by atoms with Crippen LogP contribution in [0.4, 0.5) is 11.5 Å². The molecule has 5 rings (SSSR count). The summed E-state index contributed by atoms with van der Waals surface area (Å²) in [6.07, 6.45) is 3.70. The van der Waals surface area contributed by atoms with Crippen molar-refractivity contribution in [2.45, 2.75) is 49.6 Å². The van der Waals surface area contributed by atoms with Gasteiger partial charge in [0.15, 0.2) is 0 Å². The molecular weight excluding hydrogens is 508 g/mol. The third-order valence-electron chi connectivity index (χ3n) is 7.42. The summed E-state index contributed by atoms with van der Waals surface area (Å²) >= 11 is 0. The van der Waals surface area contributed by atoms with E-state index in [2.05, 4.69) is 22.4 Å². The molecule has 10 heteroatoms. The van der Waals surface area contributed by atoms with Crippen molar-refractivity contribution in [2.75, 3.05) is 29.0 Å². The number of sulfonamides is 2. The van der Waals surface area contributed by atoms with Gasteiger partial charge in [-0.1, -0.05) is 42.5 Å². The van der Waals surface area contributed by atoms with Crippen molar-refractivity contribution in [3.63, 3.8) is 0 Å². The van der Waals surface area contributed by atoms with Gasteiger partial charge in [-0.05, 0) is 67.0 Å². The Morgan fingerprint density at radius 3 is 2.41 bits per heavy atom. The largest absolute Gasteiger partial charge is 0.366 e. The number of benzene rings is 2. The molecule has 1 aliphatic heterocycles. The normalized spacial score (nSPS) is 21.1. The number of hydrogen-bond acceptors (Lipinski definition) is 6. The van der Waals surface area contributed by atoms with Gasteiger partial charge in [0, 0.05) is 32.4 Å². The minimum Gasteiger partial charge on any atom is -0.366 e. The predicted molar refractivity (Wildman–Crippen MR) is 146 cm³/mol. The molecule has 2 aromatic carbocycles. The van der Waals surface area contributed by atoms with Gasteiger partial charge in [0.05, 0.1) is 11.4 Å². The van der Waals surface area contributed by atoms with Crippen LogP contribution in [0.25, 0.3) is 0 Å². The summed E-state index contributed by atoms with van der Waals surface area (Å²) < 4.78 is 53.8. The molecule has 8 nitrogen and oxygen atoms in total. The number of anilines is 2. The van der Waals surface area contributed by atoms with Crippen molar-refractivity contribution >= 4 is 31.6 Å². The Balaban J connectivity index is 1.20. The topological polar surface area (TPSA) is 99.7 Å². The molecule has 1 saturated carbocycles. The quantitative estimate of drug-likeness (QED) is 0.462. The summed E-state index contributed by atoms with van der Waals surface area (Å²) in [4.78, 5) is 4.59. The van der Waals surface area contributed by atoms with Crippen LogP contribution in [-0.2, 0) is 26.6 Å². The molecule has 1 aromatic heterocycles. The maximum atomic E-state index is 13.3. The second-order valence-corrected chi connectivity index (χ2v) is 13.8. The molecule has 1 saturated heterocycles. The highest BCUT2D eigenvalue weighted by Crippen LogP contribution is 2.41. The van der Waals surface area contributed by atoms with Crippen LogP contribution in [0.5, 0.6) is 0 Å². The van der Waals surface area contributed by atoms with E-state index in [4.69, 9.17) is 0 Å². The minimum absolute atomic E-state index is 0.0223. The number of rotatable bonds is 8. The Morgan fingerprint density at radius 1 is 1.08 bits per heavy atom. The van der Waals surface area contributed by atoms with E-state index in [-0.39, 0.29) is 16.7 Å². The second kappa shape index (κ2) is 10.1. The summed E-state index contributed by atoms with van der Waals surface area (Å²) in [6.45, 7) is 2.78. The third kappa shape index (κ3) is 5.23. The standard InChI is InChI=1S/C27H32N4O4S2/c1-20-15-27(28-18-21-9-11-24(12-10-21)31-13-6-14-36(31,32)33)29-19-26(20)37(34,35)30(2)25-16-23(17-25)22-7-4-3-5-8-22/h3-5,7-12,15,19,23,25H,6,13-14,16-18H2,1-2H3,(H,28,29). The first kappa shape index (κ1) is 25.7. The van der Waals surface area contributed by atoms with Crippen LogP contribution in [0.15, 0.2) is 71.8 Å². The lowest BCUT2D eigenvalue weighted by Crippen LogP contribution is -2.44. The highest BCUT2D eigenvalue weighted by atomic mass is 32.2. The number of nitrogens with one attached hydrogen (secondary N) is 1. The number of hydrogen-bond donors (Lipinski definition) is 1. The molecule has 0 atom stereocenters. The Bertz CT molecular complexity index is 1470. The van der Waals surface area contributed by atoms with Gasteiger partial charge >= 0.3 is 0 Å². The highest BCUT2D eigenvalue weighted by Gasteiger charge is 2.39. The Morgan fingerprint density at radius 2 is 1.78 bits per heavy atom. The van der Waals surface area contributed by atoms with Crippen LogP contribution >= 0.6 is 0 Å². The molecule has 1 aliphatic carbocycles. The number of nitrogens with zero attached hydrogens (tertiary/aromatic N) is 3. The first-order valence-electron chi connectivity index (χ1n) is 12.5. The number of aromatic nitrogens is 1. The first-order valence-corrected chi connectivity index (χ1v) is 15.5. The van der Waals surface area contributed by atoms with Gasteiger partial charge in [-0.2, -0.15) is 4.31 Å². The molecule has 2 aliphatic rings. The van der Waals surface area contributed by atoms with Crippen LogP contribution in [-0.4, -0.2) is 51.5 Å². The van der Waals surface area contributed by atoms with Crippen LogP contribution < -0.4 is 9.62 Å². The van der Waals surface area contributed by atoms with Crippen LogP contribution in [0.3, 0.4) is 0 Å². The highest BCUT2D eigenvalue weighted by molar-refractivity contribution is 7.93. The van der Waals surface area contributed by atoms with E-state index in [0.717, 1.165) is 18.4 Å². The van der Waals surface area contributed by atoms with Crippen molar-refractivity contribution in [1.82, 2.24) is 9.29 Å². The van der Waals surface area contributed by atoms with Crippen molar-refractivity contribution in [3.05, 3.63) is 83.6 Å². The maximum Gasteiger partial charge on any atom is 0.244 e. The maximum absolute atomic E-state index is 13.3. The van der Waals surface area contributed by atoms with Crippen LogP contribution in [0, 0.1) is 6.92 Å². The van der Waals surface area contributed by atoms with Gasteiger partial charge in [-0.25, -0.2) is 21.8 Å².